The van der Waals surface area contributed by atoms with Gasteiger partial charge in [-0.05, 0) is 37.8 Å². The maximum atomic E-state index is 12.6. The summed E-state index contributed by atoms with van der Waals surface area (Å²) in [6.07, 6.45) is 2.20. The number of carbonyl (C=O) groups excluding carboxylic acids is 2. The number of hydrogen-bond acceptors (Lipinski definition) is 5. The van der Waals surface area contributed by atoms with Crippen LogP contribution in [-0.4, -0.2) is 34.8 Å². The van der Waals surface area contributed by atoms with E-state index in [2.05, 4.69) is 17.2 Å². The number of hydrogen-bond donors (Lipinski definition) is 1. The molecule has 0 aliphatic carbocycles. The third kappa shape index (κ3) is 3.51. The first-order valence-corrected chi connectivity index (χ1v) is 8.90. The van der Waals surface area contributed by atoms with E-state index in [9.17, 15) is 9.59 Å². The SMILES string of the molecule is CC(=O)Nc1nc(C)c(-c2ccc(C(=O)N3CCCC(C)C3)o2)s1. The molecule has 1 saturated heterocycles. The van der Waals surface area contributed by atoms with Crippen molar-refractivity contribution < 1.29 is 14.0 Å². The standard InChI is InChI=1S/C17H21N3O3S/c1-10-5-4-8-20(9-10)16(22)14-7-6-13(23-14)15-11(2)18-17(24-15)19-12(3)21/h6-7,10H,4-5,8-9H2,1-3H3,(H,18,19,21). The molecule has 1 aliphatic heterocycles. The van der Waals surface area contributed by atoms with Crippen molar-refractivity contribution in [3.63, 3.8) is 0 Å². The highest BCUT2D eigenvalue weighted by Crippen LogP contribution is 2.34. The van der Waals surface area contributed by atoms with Gasteiger partial charge in [0, 0.05) is 20.0 Å². The van der Waals surface area contributed by atoms with Gasteiger partial charge in [0.2, 0.25) is 5.91 Å². The Balaban J connectivity index is 1.79. The van der Waals surface area contributed by atoms with Crippen LogP contribution >= 0.6 is 11.3 Å². The van der Waals surface area contributed by atoms with Gasteiger partial charge < -0.3 is 14.6 Å². The van der Waals surface area contributed by atoms with E-state index in [1.165, 1.54) is 24.7 Å². The number of aromatic nitrogens is 1. The van der Waals surface area contributed by atoms with Gasteiger partial charge in [-0.2, -0.15) is 0 Å². The molecule has 1 fully saturated rings. The fourth-order valence-corrected chi connectivity index (χ4v) is 3.91. The molecule has 7 heteroatoms. The summed E-state index contributed by atoms with van der Waals surface area (Å²) < 4.78 is 5.79. The maximum Gasteiger partial charge on any atom is 0.289 e. The average molecular weight is 347 g/mol. The molecule has 2 amide bonds. The zero-order valence-corrected chi connectivity index (χ0v) is 14.9. The lowest BCUT2D eigenvalue weighted by Gasteiger charge is -2.30. The quantitative estimate of drug-likeness (QED) is 0.921. The van der Waals surface area contributed by atoms with Gasteiger partial charge in [-0.1, -0.05) is 18.3 Å². The Morgan fingerprint density at radius 1 is 1.42 bits per heavy atom. The van der Waals surface area contributed by atoms with Gasteiger partial charge in [0.25, 0.3) is 5.91 Å². The minimum atomic E-state index is -0.162. The molecule has 0 aromatic carbocycles. The van der Waals surface area contributed by atoms with Crippen LogP contribution < -0.4 is 5.32 Å². The Morgan fingerprint density at radius 3 is 2.92 bits per heavy atom. The third-order valence-corrected chi connectivity index (χ3v) is 5.15. The van der Waals surface area contributed by atoms with E-state index < -0.39 is 0 Å². The van der Waals surface area contributed by atoms with Gasteiger partial charge in [-0.25, -0.2) is 4.98 Å². The Labute approximate surface area is 144 Å². The minimum absolute atomic E-state index is 0.0583. The van der Waals surface area contributed by atoms with E-state index in [1.54, 1.807) is 12.1 Å². The second-order valence-corrected chi connectivity index (χ2v) is 7.28. The van der Waals surface area contributed by atoms with Gasteiger partial charge in [0.05, 0.1) is 10.6 Å². The van der Waals surface area contributed by atoms with Crippen molar-refractivity contribution in [2.75, 3.05) is 18.4 Å². The van der Waals surface area contributed by atoms with Crippen molar-refractivity contribution in [2.45, 2.75) is 33.6 Å². The minimum Gasteiger partial charge on any atom is -0.450 e. The number of aryl methyl sites for hydroxylation is 1. The predicted molar refractivity (Wildman–Crippen MR) is 93.2 cm³/mol. The summed E-state index contributed by atoms with van der Waals surface area (Å²) in [4.78, 5) is 30.7. The molecule has 1 aliphatic rings. The van der Waals surface area contributed by atoms with E-state index in [0.29, 0.717) is 22.6 Å². The molecule has 1 unspecified atom stereocenters. The third-order valence-electron chi connectivity index (χ3n) is 4.06. The summed E-state index contributed by atoms with van der Waals surface area (Å²) in [6, 6.07) is 3.51. The molecule has 0 saturated carbocycles. The number of piperidine rings is 1. The summed E-state index contributed by atoms with van der Waals surface area (Å²) in [6.45, 7) is 7.02. The largest absolute Gasteiger partial charge is 0.450 e. The molecule has 128 valence electrons. The molecule has 24 heavy (non-hydrogen) atoms. The predicted octanol–water partition coefficient (Wildman–Crippen LogP) is 3.54. The highest BCUT2D eigenvalue weighted by molar-refractivity contribution is 7.19. The fourth-order valence-electron chi connectivity index (χ4n) is 2.93. The first kappa shape index (κ1) is 16.7. The van der Waals surface area contributed by atoms with Crippen LogP contribution in [-0.2, 0) is 4.79 Å². The summed E-state index contributed by atoms with van der Waals surface area (Å²) in [5.74, 6) is 1.27. The Hall–Kier alpha value is -2.15. The van der Waals surface area contributed by atoms with Gasteiger partial charge in [0.15, 0.2) is 10.9 Å². The number of amides is 2. The van der Waals surface area contributed by atoms with Crippen molar-refractivity contribution >= 4 is 28.3 Å². The molecule has 3 heterocycles. The van der Waals surface area contributed by atoms with Crippen LogP contribution in [0.3, 0.4) is 0 Å². The highest BCUT2D eigenvalue weighted by Gasteiger charge is 2.25. The van der Waals surface area contributed by atoms with E-state index in [4.69, 9.17) is 4.42 Å². The lowest BCUT2D eigenvalue weighted by Crippen LogP contribution is -2.38. The molecule has 0 spiro atoms. The molecule has 0 radical (unpaired) electrons. The second kappa shape index (κ2) is 6.76. The van der Waals surface area contributed by atoms with E-state index in [0.717, 1.165) is 30.1 Å². The van der Waals surface area contributed by atoms with Crippen LogP contribution in [0.4, 0.5) is 5.13 Å². The van der Waals surface area contributed by atoms with Gasteiger partial charge in [-0.3, -0.25) is 9.59 Å². The normalized spacial score (nSPS) is 17.8. The number of nitrogens with zero attached hydrogens (tertiary/aromatic N) is 2. The lowest BCUT2D eigenvalue weighted by molar-refractivity contribution is -0.114. The highest BCUT2D eigenvalue weighted by atomic mass is 32.1. The zero-order chi connectivity index (χ0) is 17.3. The summed E-state index contributed by atoms with van der Waals surface area (Å²) in [7, 11) is 0. The van der Waals surface area contributed by atoms with Crippen LogP contribution in [0.25, 0.3) is 10.6 Å². The van der Waals surface area contributed by atoms with Crippen molar-refractivity contribution in [3.05, 3.63) is 23.6 Å². The molecular formula is C17H21N3O3S. The zero-order valence-electron chi connectivity index (χ0n) is 14.1. The molecule has 1 N–H and O–H groups in total. The van der Waals surface area contributed by atoms with Gasteiger partial charge in [-0.15, -0.1) is 0 Å². The second-order valence-electron chi connectivity index (χ2n) is 6.28. The molecule has 3 rings (SSSR count). The maximum absolute atomic E-state index is 12.6. The van der Waals surface area contributed by atoms with Crippen LogP contribution in [0.5, 0.6) is 0 Å². The van der Waals surface area contributed by atoms with Crippen LogP contribution in [0.15, 0.2) is 16.5 Å². The van der Waals surface area contributed by atoms with E-state index in [-0.39, 0.29) is 11.8 Å². The number of nitrogens with one attached hydrogen (secondary N) is 1. The smallest absolute Gasteiger partial charge is 0.289 e. The summed E-state index contributed by atoms with van der Waals surface area (Å²) in [5.41, 5.74) is 0.767. The molecule has 6 nitrogen and oxygen atoms in total. The first-order valence-electron chi connectivity index (χ1n) is 8.08. The fraction of sp³-hybridized carbons (Fsp3) is 0.471. The van der Waals surface area contributed by atoms with E-state index >= 15 is 0 Å². The molecule has 2 aromatic heterocycles. The van der Waals surface area contributed by atoms with Crippen molar-refractivity contribution in [2.24, 2.45) is 5.92 Å². The molecule has 2 aromatic rings. The van der Waals surface area contributed by atoms with Gasteiger partial charge in [0.1, 0.15) is 5.76 Å². The number of rotatable bonds is 3. The van der Waals surface area contributed by atoms with Crippen molar-refractivity contribution in [3.8, 4) is 10.6 Å². The van der Waals surface area contributed by atoms with Crippen LogP contribution in [0.1, 0.15) is 42.9 Å². The lowest BCUT2D eigenvalue weighted by atomic mass is 10.0. The number of likely N-dealkylation sites (tertiary alicyclic amines) is 1. The van der Waals surface area contributed by atoms with Crippen molar-refractivity contribution in [1.29, 1.82) is 0 Å². The summed E-state index contributed by atoms with van der Waals surface area (Å²) in [5, 5.41) is 3.21. The topological polar surface area (TPSA) is 75.4 Å². The number of anilines is 1. The number of carbonyl (C=O) groups is 2. The molecule has 1 atom stereocenters. The number of thiazole rings is 1. The van der Waals surface area contributed by atoms with E-state index in [1.807, 2.05) is 11.8 Å². The number of furan rings is 1. The monoisotopic (exact) mass is 347 g/mol. The van der Waals surface area contributed by atoms with Crippen LogP contribution in [0, 0.1) is 12.8 Å². The molecule has 0 bridgehead atoms. The summed E-state index contributed by atoms with van der Waals surface area (Å²) >= 11 is 1.34. The Kier molecular flexibility index (Phi) is 4.71. The van der Waals surface area contributed by atoms with Crippen molar-refractivity contribution in [1.82, 2.24) is 9.88 Å². The van der Waals surface area contributed by atoms with Gasteiger partial charge >= 0.3 is 0 Å². The Bertz CT molecular complexity index is 765. The Morgan fingerprint density at radius 2 is 2.21 bits per heavy atom. The first-order chi connectivity index (χ1) is 11.4. The van der Waals surface area contributed by atoms with Crippen LogP contribution in [0.2, 0.25) is 0 Å². The molecular weight excluding hydrogens is 326 g/mol. The average Bonchev–Trinajstić information content (AvgIpc) is 3.12.